The lowest BCUT2D eigenvalue weighted by molar-refractivity contribution is -0.137. The molecule has 0 radical (unpaired) electrons. The Labute approximate surface area is 171 Å². The first-order chi connectivity index (χ1) is 14.3. The van der Waals surface area contributed by atoms with Crippen molar-refractivity contribution in [3.8, 4) is 11.3 Å². The van der Waals surface area contributed by atoms with Crippen molar-refractivity contribution in [2.45, 2.75) is 32.0 Å². The minimum atomic E-state index is -4.38. The highest BCUT2D eigenvalue weighted by Gasteiger charge is 2.30. The fraction of sp³-hybridized carbons (Fsp3) is 0.227. The van der Waals surface area contributed by atoms with Crippen LogP contribution < -0.4 is 5.32 Å². The Hall–Kier alpha value is -3.42. The number of carboxylic acids is 1. The van der Waals surface area contributed by atoms with E-state index < -0.39 is 17.7 Å². The molecule has 1 aromatic heterocycles. The summed E-state index contributed by atoms with van der Waals surface area (Å²) in [5.41, 5.74) is 1.43. The van der Waals surface area contributed by atoms with Crippen LogP contribution >= 0.6 is 0 Å². The molecule has 0 saturated carbocycles. The summed E-state index contributed by atoms with van der Waals surface area (Å²) in [6.07, 6.45) is 0.349. The van der Waals surface area contributed by atoms with E-state index in [1.807, 2.05) is 6.92 Å². The third-order valence-electron chi connectivity index (χ3n) is 4.62. The van der Waals surface area contributed by atoms with E-state index in [-0.39, 0.29) is 11.6 Å². The highest BCUT2D eigenvalue weighted by atomic mass is 19.4. The number of aromatic carboxylic acids is 1. The Balaban J connectivity index is 1.74. The zero-order chi connectivity index (χ0) is 21.7. The van der Waals surface area contributed by atoms with Gasteiger partial charge in [-0.2, -0.15) is 13.2 Å². The molecule has 0 fully saturated rings. The van der Waals surface area contributed by atoms with Crippen LogP contribution in [0.2, 0.25) is 0 Å². The van der Waals surface area contributed by atoms with Crippen molar-refractivity contribution in [2.24, 2.45) is 0 Å². The third-order valence-corrected chi connectivity index (χ3v) is 4.62. The average molecular weight is 415 g/mol. The number of carboxylic acid groups (broad SMARTS) is 1. The molecule has 0 aliphatic heterocycles. The fourth-order valence-electron chi connectivity index (χ4n) is 3.03. The Morgan fingerprint density at radius 2 is 1.70 bits per heavy atom. The Morgan fingerprint density at radius 1 is 1.03 bits per heavy atom. The number of rotatable bonds is 7. The predicted molar refractivity (Wildman–Crippen MR) is 107 cm³/mol. The third kappa shape index (κ3) is 5.14. The lowest BCUT2D eigenvalue weighted by Gasteiger charge is -2.19. The smallest absolute Gasteiger partial charge is 0.416 e. The summed E-state index contributed by atoms with van der Waals surface area (Å²) < 4.78 is 38.1. The van der Waals surface area contributed by atoms with E-state index >= 15 is 0 Å². The van der Waals surface area contributed by atoms with Gasteiger partial charge in [-0.05, 0) is 36.2 Å². The van der Waals surface area contributed by atoms with E-state index in [1.54, 1.807) is 24.3 Å². The van der Waals surface area contributed by atoms with Gasteiger partial charge in [-0.1, -0.05) is 37.6 Å². The van der Waals surface area contributed by atoms with Gasteiger partial charge in [0.25, 0.3) is 0 Å². The summed E-state index contributed by atoms with van der Waals surface area (Å²) in [5, 5.41) is 12.3. The monoisotopic (exact) mass is 415 g/mol. The molecule has 0 aliphatic rings. The van der Waals surface area contributed by atoms with Crippen molar-refractivity contribution < 1.29 is 23.1 Å². The lowest BCUT2D eigenvalue weighted by atomic mass is 10.0. The van der Waals surface area contributed by atoms with Crippen LogP contribution in [0.4, 0.5) is 19.0 Å². The zero-order valence-corrected chi connectivity index (χ0v) is 16.1. The summed E-state index contributed by atoms with van der Waals surface area (Å²) in [4.78, 5) is 19.7. The second-order valence-corrected chi connectivity index (χ2v) is 6.77. The molecule has 1 atom stereocenters. The van der Waals surface area contributed by atoms with E-state index in [2.05, 4.69) is 15.3 Å². The molecule has 2 N–H and O–H groups in total. The molecular formula is C22H20F3N3O2. The number of anilines is 1. The largest absolute Gasteiger partial charge is 0.478 e. The number of hydrogen-bond donors (Lipinski definition) is 2. The first-order valence-electron chi connectivity index (χ1n) is 9.37. The second kappa shape index (κ2) is 8.94. The topological polar surface area (TPSA) is 75.1 Å². The maximum absolute atomic E-state index is 12.7. The van der Waals surface area contributed by atoms with Gasteiger partial charge in [-0.25, -0.2) is 9.78 Å². The highest BCUT2D eigenvalue weighted by Crippen LogP contribution is 2.30. The number of nitrogens with one attached hydrogen (secondary N) is 1. The van der Waals surface area contributed by atoms with Gasteiger partial charge in [0, 0.05) is 5.56 Å². The van der Waals surface area contributed by atoms with Gasteiger partial charge in [0.2, 0.25) is 0 Å². The minimum Gasteiger partial charge on any atom is -0.478 e. The molecule has 30 heavy (non-hydrogen) atoms. The number of nitrogens with zero attached hydrogens (tertiary/aromatic N) is 2. The van der Waals surface area contributed by atoms with E-state index in [1.165, 1.54) is 24.5 Å². The van der Waals surface area contributed by atoms with Crippen molar-refractivity contribution >= 4 is 11.8 Å². The number of aromatic nitrogens is 2. The van der Waals surface area contributed by atoms with E-state index in [0.29, 0.717) is 17.1 Å². The van der Waals surface area contributed by atoms with Crippen LogP contribution in [-0.2, 0) is 6.18 Å². The van der Waals surface area contributed by atoms with Crippen molar-refractivity contribution in [1.29, 1.82) is 0 Å². The van der Waals surface area contributed by atoms with E-state index in [0.717, 1.165) is 30.5 Å². The van der Waals surface area contributed by atoms with Crippen LogP contribution in [0, 0.1) is 0 Å². The Morgan fingerprint density at radius 3 is 2.20 bits per heavy atom. The van der Waals surface area contributed by atoms with Crippen molar-refractivity contribution in [3.63, 3.8) is 0 Å². The number of carbonyl (C=O) groups is 1. The molecule has 0 amide bonds. The molecular weight excluding hydrogens is 395 g/mol. The van der Waals surface area contributed by atoms with Crippen molar-refractivity contribution in [2.75, 3.05) is 5.32 Å². The van der Waals surface area contributed by atoms with E-state index in [9.17, 15) is 18.0 Å². The summed E-state index contributed by atoms with van der Waals surface area (Å²) >= 11 is 0. The summed E-state index contributed by atoms with van der Waals surface area (Å²) in [5.74, 6) is -0.460. The lowest BCUT2D eigenvalue weighted by Crippen LogP contribution is -2.12. The molecule has 0 saturated heterocycles. The van der Waals surface area contributed by atoms with Crippen molar-refractivity contribution in [3.05, 3.63) is 77.6 Å². The highest BCUT2D eigenvalue weighted by molar-refractivity contribution is 5.87. The van der Waals surface area contributed by atoms with Crippen LogP contribution in [0.1, 0.15) is 47.3 Å². The molecule has 156 valence electrons. The van der Waals surface area contributed by atoms with Crippen LogP contribution in [0.3, 0.4) is 0 Å². The average Bonchev–Trinajstić information content (AvgIpc) is 2.73. The molecule has 8 heteroatoms. The maximum Gasteiger partial charge on any atom is 0.416 e. The second-order valence-electron chi connectivity index (χ2n) is 6.77. The molecule has 3 rings (SSSR count). The normalized spacial score (nSPS) is 12.4. The van der Waals surface area contributed by atoms with Crippen LogP contribution in [0.5, 0.6) is 0 Å². The van der Waals surface area contributed by atoms with Gasteiger partial charge < -0.3 is 10.4 Å². The Kier molecular flexibility index (Phi) is 6.34. The van der Waals surface area contributed by atoms with Crippen LogP contribution in [0.15, 0.2) is 60.9 Å². The standard InChI is InChI=1S/C22H20F3N3O2/c1-2-3-18(14-4-6-16(7-5-14)21(29)30)28-20-13-26-19(12-27-20)15-8-10-17(11-9-15)22(23,24)25/h4-13,18H,2-3H2,1H3,(H,27,28)(H,29,30). The molecule has 0 bridgehead atoms. The van der Waals surface area contributed by atoms with Gasteiger partial charge in [-0.3, -0.25) is 4.98 Å². The SMILES string of the molecule is CCCC(Nc1cnc(-c2ccc(C(F)(F)F)cc2)cn1)c1ccc(C(=O)O)cc1. The molecule has 5 nitrogen and oxygen atoms in total. The van der Waals surface area contributed by atoms with Crippen molar-refractivity contribution in [1.82, 2.24) is 9.97 Å². The molecule has 3 aromatic rings. The maximum atomic E-state index is 12.7. The van der Waals surface area contributed by atoms with Crippen LogP contribution in [-0.4, -0.2) is 21.0 Å². The molecule has 0 aliphatic carbocycles. The fourth-order valence-corrected chi connectivity index (χ4v) is 3.03. The molecule has 1 unspecified atom stereocenters. The minimum absolute atomic E-state index is 0.0796. The molecule has 2 aromatic carbocycles. The predicted octanol–water partition coefficient (Wildman–Crippen LogP) is 5.81. The number of hydrogen-bond acceptors (Lipinski definition) is 4. The number of benzene rings is 2. The molecule has 0 spiro atoms. The zero-order valence-electron chi connectivity index (χ0n) is 16.1. The van der Waals surface area contributed by atoms with Crippen LogP contribution in [0.25, 0.3) is 11.3 Å². The number of alkyl halides is 3. The Bertz CT molecular complexity index is 986. The first kappa shape index (κ1) is 21.3. The number of halogens is 3. The first-order valence-corrected chi connectivity index (χ1v) is 9.37. The quantitative estimate of drug-likeness (QED) is 0.509. The van der Waals surface area contributed by atoms with Gasteiger partial charge in [0.15, 0.2) is 0 Å². The molecule has 1 heterocycles. The van der Waals surface area contributed by atoms with E-state index in [4.69, 9.17) is 5.11 Å². The van der Waals surface area contributed by atoms with Gasteiger partial charge >= 0.3 is 12.1 Å². The summed E-state index contributed by atoms with van der Waals surface area (Å²) in [6.45, 7) is 2.04. The van der Waals surface area contributed by atoms with Gasteiger partial charge in [0.1, 0.15) is 5.82 Å². The van der Waals surface area contributed by atoms with Gasteiger partial charge in [-0.15, -0.1) is 0 Å². The summed E-state index contributed by atoms with van der Waals surface area (Å²) in [6, 6.07) is 11.3. The summed E-state index contributed by atoms with van der Waals surface area (Å²) in [7, 11) is 0. The van der Waals surface area contributed by atoms with Gasteiger partial charge in [0.05, 0.1) is 35.3 Å².